The predicted molar refractivity (Wildman–Crippen MR) is 96.2 cm³/mol. The highest BCUT2D eigenvalue weighted by Crippen LogP contribution is 2.32. The number of halogens is 2. The van der Waals surface area contributed by atoms with Gasteiger partial charge in [-0.25, -0.2) is 13.4 Å². The van der Waals surface area contributed by atoms with E-state index in [-0.39, 0.29) is 27.8 Å². The van der Waals surface area contributed by atoms with Crippen LogP contribution in [-0.4, -0.2) is 37.3 Å². The summed E-state index contributed by atoms with van der Waals surface area (Å²) in [6.07, 6.45) is 0. The van der Waals surface area contributed by atoms with Gasteiger partial charge in [0.15, 0.2) is 5.15 Å². The van der Waals surface area contributed by atoms with Crippen LogP contribution in [0.2, 0.25) is 10.3 Å². The molecule has 5 nitrogen and oxygen atoms in total. The van der Waals surface area contributed by atoms with Crippen molar-refractivity contribution in [2.24, 2.45) is 0 Å². The molecular formula is C16H17Cl2N3O2S. The van der Waals surface area contributed by atoms with Crippen LogP contribution in [-0.2, 0) is 16.6 Å². The largest absolute Gasteiger partial charge is 0.373 e. The molecule has 0 fully saturated rings. The number of anilines is 1. The Morgan fingerprint density at radius 1 is 1.17 bits per heavy atom. The van der Waals surface area contributed by atoms with E-state index >= 15 is 0 Å². The fourth-order valence-corrected chi connectivity index (χ4v) is 5.20. The topological polar surface area (TPSA) is 53.5 Å². The first-order valence-electron chi connectivity index (χ1n) is 7.43. The maximum absolute atomic E-state index is 13.1. The third-order valence-electron chi connectivity index (χ3n) is 4.13. The van der Waals surface area contributed by atoms with Gasteiger partial charge < -0.3 is 4.90 Å². The molecule has 0 spiro atoms. The average Bonchev–Trinajstić information content (AvgIpc) is 2.64. The minimum Gasteiger partial charge on any atom is -0.373 e. The summed E-state index contributed by atoms with van der Waals surface area (Å²) in [4.78, 5) is 5.90. The number of pyridine rings is 1. The molecule has 0 saturated heterocycles. The minimum absolute atomic E-state index is 0.0255. The Bertz CT molecular complexity index is 873. The Morgan fingerprint density at radius 2 is 1.88 bits per heavy atom. The number of hydrogen-bond acceptors (Lipinski definition) is 4. The highest BCUT2D eigenvalue weighted by molar-refractivity contribution is 7.89. The van der Waals surface area contributed by atoms with Crippen molar-refractivity contribution >= 4 is 38.9 Å². The van der Waals surface area contributed by atoms with E-state index in [1.165, 1.54) is 16.4 Å². The van der Waals surface area contributed by atoms with Gasteiger partial charge in [0.2, 0.25) is 10.0 Å². The summed E-state index contributed by atoms with van der Waals surface area (Å²) < 4.78 is 27.7. The van der Waals surface area contributed by atoms with Crippen molar-refractivity contribution in [1.82, 2.24) is 9.29 Å². The molecule has 0 saturated carbocycles. The molecule has 0 bridgehead atoms. The molecule has 0 N–H and O–H groups in total. The number of fused-ring (bicyclic) bond motifs is 1. The predicted octanol–water partition coefficient (Wildman–Crippen LogP) is 3.42. The molecule has 0 radical (unpaired) electrons. The Morgan fingerprint density at radius 3 is 2.58 bits per heavy atom. The van der Waals surface area contributed by atoms with Gasteiger partial charge in [-0.2, -0.15) is 4.31 Å². The quantitative estimate of drug-likeness (QED) is 0.743. The number of aromatic nitrogens is 1. The molecule has 128 valence electrons. The molecule has 8 heteroatoms. The number of nitrogens with zero attached hydrogens (tertiary/aromatic N) is 3. The van der Waals surface area contributed by atoms with Gasteiger partial charge in [-0.1, -0.05) is 41.4 Å². The van der Waals surface area contributed by atoms with Gasteiger partial charge in [0.05, 0.1) is 0 Å². The van der Waals surface area contributed by atoms with Gasteiger partial charge in [-0.15, -0.1) is 0 Å². The fourth-order valence-electron chi connectivity index (χ4n) is 2.97. The van der Waals surface area contributed by atoms with Crippen molar-refractivity contribution in [3.8, 4) is 0 Å². The number of likely N-dealkylation sites (N-methyl/N-ethyl adjacent to an activating group) is 1. The lowest BCUT2D eigenvalue weighted by Crippen LogP contribution is -2.41. The third-order valence-corrected chi connectivity index (χ3v) is 6.73. The van der Waals surface area contributed by atoms with E-state index in [1.807, 2.05) is 38.2 Å². The average molecular weight is 386 g/mol. The zero-order valence-electron chi connectivity index (χ0n) is 13.3. The van der Waals surface area contributed by atoms with Crippen LogP contribution in [0, 0.1) is 0 Å². The standard InChI is InChI=1S/C16H17Cl2N3O2S/c1-11-9-20(2)13-6-4-3-5-12(13)10-21(11)24(22,23)14-7-8-15(17)19-16(14)18/h3-8,11H,9-10H2,1-2H3/t11-/m1/s1. The molecule has 3 rings (SSSR count). The lowest BCUT2D eigenvalue weighted by atomic mass is 10.1. The van der Waals surface area contributed by atoms with E-state index in [4.69, 9.17) is 23.2 Å². The number of hydrogen-bond donors (Lipinski definition) is 0. The second kappa shape index (κ2) is 6.52. The van der Waals surface area contributed by atoms with Crippen molar-refractivity contribution in [3.63, 3.8) is 0 Å². The Hall–Kier alpha value is -1.34. The summed E-state index contributed by atoms with van der Waals surface area (Å²) in [6.45, 7) is 2.75. The van der Waals surface area contributed by atoms with Crippen LogP contribution in [0.15, 0.2) is 41.3 Å². The van der Waals surface area contributed by atoms with Gasteiger partial charge >= 0.3 is 0 Å². The van der Waals surface area contributed by atoms with Crippen molar-refractivity contribution in [3.05, 3.63) is 52.3 Å². The molecule has 1 aliphatic rings. The van der Waals surface area contributed by atoms with E-state index in [2.05, 4.69) is 9.88 Å². The summed E-state index contributed by atoms with van der Waals surface area (Å²) in [5.74, 6) is 0. The lowest BCUT2D eigenvalue weighted by molar-refractivity contribution is 0.340. The monoisotopic (exact) mass is 385 g/mol. The van der Waals surface area contributed by atoms with Gasteiger partial charge in [0, 0.05) is 31.9 Å². The molecule has 0 aliphatic carbocycles. The first kappa shape index (κ1) is 17.5. The molecule has 0 unspecified atom stereocenters. The zero-order valence-corrected chi connectivity index (χ0v) is 15.6. The maximum atomic E-state index is 13.1. The van der Waals surface area contributed by atoms with E-state index in [0.29, 0.717) is 6.54 Å². The number of sulfonamides is 1. The second-order valence-corrected chi connectivity index (χ2v) is 8.44. The molecule has 24 heavy (non-hydrogen) atoms. The van der Waals surface area contributed by atoms with Gasteiger partial charge in [-0.05, 0) is 30.7 Å². The first-order valence-corrected chi connectivity index (χ1v) is 9.63. The Labute approximate surface area is 151 Å². The SMILES string of the molecule is C[C@@H]1CN(C)c2ccccc2CN1S(=O)(=O)c1ccc(Cl)nc1Cl. The summed E-state index contributed by atoms with van der Waals surface area (Å²) in [6, 6.07) is 10.4. The summed E-state index contributed by atoms with van der Waals surface area (Å²) >= 11 is 11.8. The summed E-state index contributed by atoms with van der Waals surface area (Å²) in [5.41, 5.74) is 1.98. The van der Waals surface area contributed by atoms with Crippen LogP contribution in [0.5, 0.6) is 0 Å². The third kappa shape index (κ3) is 3.11. The van der Waals surface area contributed by atoms with Crippen LogP contribution in [0.3, 0.4) is 0 Å². The van der Waals surface area contributed by atoms with E-state index < -0.39 is 10.0 Å². The number of para-hydroxylation sites is 1. The first-order chi connectivity index (χ1) is 11.3. The van der Waals surface area contributed by atoms with Crippen LogP contribution >= 0.6 is 23.2 Å². The second-order valence-electron chi connectivity index (χ2n) is 5.83. The molecule has 2 aromatic rings. The zero-order chi connectivity index (χ0) is 17.5. The van der Waals surface area contributed by atoms with Gasteiger partial charge in [0.1, 0.15) is 10.0 Å². The van der Waals surface area contributed by atoms with Crippen molar-refractivity contribution < 1.29 is 8.42 Å². The van der Waals surface area contributed by atoms with Crippen LogP contribution in [0.4, 0.5) is 5.69 Å². The van der Waals surface area contributed by atoms with E-state index in [1.54, 1.807) is 0 Å². The molecule has 1 atom stereocenters. The molecule has 0 amide bonds. The molecule has 1 aromatic heterocycles. The van der Waals surface area contributed by atoms with Crippen LogP contribution < -0.4 is 4.90 Å². The summed E-state index contributed by atoms with van der Waals surface area (Å²) in [7, 11) is -1.83. The van der Waals surface area contributed by atoms with Crippen molar-refractivity contribution in [2.45, 2.75) is 24.4 Å². The van der Waals surface area contributed by atoms with Crippen molar-refractivity contribution in [2.75, 3.05) is 18.5 Å². The van der Waals surface area contributed by atoms with Crippen LogP contribution in [0.25, 0.3) is 0 Å². The van der Waals surface area contributed by atoms with Gasteiger partial charge in [0.25, 0.3) is 0 Å². The molecule has 2 heterocycles. The highest BCUT2D eigenvalue weighted by atomic mass is 35.5. The Kier molecular flexibility index (Phi) is 4.75. The molecule has 1 aromatic carbocycles. The summed E-state index contributed by atoms with van der Waals surface area (Å²) in [5, 5.41) is 0.0496. The van der Waals surface area contributed by atoms with E-state index in [0.717, 1.165) is 11.3 Å². The lowest BCUT2D eigenvalue weighted by Gasteiger charge is -2.27. The van der Waals surface area contributed by atoms with E-state index in [9.17, 15) is 8.42 Å². The van der Waals surface area contributed by atoms with Crippen LogP contribution in [0.1, 0.15) is 12.5 Å². The van der Waals surface area contributed by atoms with Gasteiger partial charge in [-0.3, -0.25) is 0 Å². The Balaban J connectivity index is 2.07. The normalized spacial score (nSPS) is 19.0. The molecule has 1 aliphatic heterocycles. The minimum atomic E-state index is -3.79. The molecular weight excluding hydrogens is 369 g/mol. The van der Waals surface area contributed by atoms with Crippen molar-refractivity contribution in [1.29, 1.82) is 0 Å². The fraction of sp³-hybridized carbons (Fsp3) is 0.312. The maximum Gasteiger partial charge on any atom is 0.246 e. The highest BCUT2D eigenvalue weighted by Gasteiger charge is 2.34. The number of rotatable bonds is 2. The smallest absolute Gasteiger partial charge is 0.246 e. The number of benzene rings is 1.